The van der Waals surface area contributed by atoms with Gasteiger partial charge in [0.05, 0.1) is 6.21 Å². The molecule has 0 fully saturated rings. The molecule has 0 atom stereocenters. The van der Waals surface area contributed by atoms with Crippen molar-refractivity contribution in [3.05, 3.63) is 39.7 Å². The molecule has 0 saturated heterocycles. The molecule has 0 amide bonds. The minimum atomic E-state index is 0.391. The Morgan fingerprint density at radius 3 is 2.94 bits per heavy atom. The molecule has 2 aromatic rings. The van der Waals surface area contributed by atoms with Crippen LogP contribution in [0.2, 0.25) is 0 Å². The van der Waals surface area contributed by atoms with E-state index >= 15 is 0 Å². The predicted octanol–water partition coefficient (Wildman–Crippen LogP) is 1.04. The molecule has 0 saturated carbocycles. The molecule has 6 nitrogen and oxygen atoms in total. The Morgan fingerprint density at radius 1 is 1.44 bits per heavy atom. The highest BCUT2D eigenvalue weighted by Crippen LogP contribution is 2.08. The molecule has 1 aromatic carbocycles. The minimum absolute atomic E-state index is 0.391. The minimum Gasteiger partial charge on any atom is -0.335 e. The lowest BCUT2D eigenvalue weighted by Crippen LogP contribution is -2.10. The molecule has 0 aliphatic heterocycles. The van der Waals surface area contributed by atoms with Gasteiger partial charge in [-0.2, -0.15) is 5.10 Å². The van der Waals surface area contributed by atoms with Crippen molar-refractivity contribution >= 4 is 34.8 Å². The SMILES string of the molecule is Nn1cnnc1N/N=C/c1ccccc1I. The van der Waals surface area contributed by atoms with Crippen LogP contribution in [0.1, 0.15) is 5.56 Å². The van der Waals surface area contributed by atoms with Crippen LogP contribution >= 0.6 is 22.6 Å². The van der Waals surface area contributed by atoms with Crippen molar-refractivity contribution in [3.8, 4) is 0 Å². The number of nitrogens with two attached hydrogens (primary N) is 1. The summed E-state index contributed by atoms with van der Waals surface area (Å²) < 4.78 is 2.38. The van der Waals surface area contributed by atoms with Gasteiger partial charge in [-0.25, -0.2) is 10.1 Å². The molecule has 3 N–H and O–H groups in total. The van der Waals surface area contributed by atoms with Crippen molar-refractivity contribution in [1.29, 1.82) is 0 Å². The highest BCUT2D eigenvalue weighted by molar-refractivity contribution is 14.1. The van der Waals surface area contributed by atoms with Gasteiger partial charge in [-0.1, -0.05) is 18.2 Å². The van der Waals surface area contributed by atoms with Crippen molar-refractivity contribution < 1.29 is 0 Å². The molecule has 1 heterocycles. The summed E-state index contributed by atoms with van der Waals surface area (Å²) in [5.74, 6) is 5.89. The van der Waals surface area contributed by atoms with Crippen LogP contribution in [-0.2, 0) is 0 Å². The Balaban J connectivity index is 2.06. The molecular formula is C9H9IN6. The van der Waals surface area contributed by atoms with Crippen LogP contribution in [0, 0.1) is 3.57 Å². The maximum Gasteiger partial charge on any atom is 0.263 e. The van der Waals surface area contributed by atoms with Crippen molar-refractivity contribution in [2.75, 3.05) is 11.3 Å². The lowest BCUT2D eigenvalue weighted by Gasteiger charge is -1.98. The average molecular weight is 328 g/mol. The molecular weight excluding hydrogens is 319 g/mol. The highest BCUT2D eigenvalue weighted by Gasteiger charge is 1.97. The van der Waals surface area contributed by atoms with Gasteiger partial charge in [0.25, 0.3) is 5.95 Å². The Hall–Kier alpha value is -1.64. The molecule has 82 valence electrons. The van der Waals surface area contributed by atoms with Crippen LogP contribution in [0.3, 0.4) is 0 Å². The maximum absolute atomic E-state index is 5.50. The number of hydrazone groups is 1. The number of aromatic nitrogens is 3. The molecule has 16 heavy (non-hydrogen) atoms. The lowest BCUT2D eigenvalue weighted by molar-refractivity contribution is 0.988. The molecule has 1 aromatic heterocycles. The van der Waals surface area contributed by atoms with Gasteiger partial charge >= 0.3 is 0 Å². The Labute approximate surface area is 106 Å². The largest absolute Gasteiger partial charge is 0.335 e. The second-order valence-electron chi connectivity index (χ2n) is 2.95. The number of nitrogen functional groups attached to an aromatic ring is 1. The van der Waals surface area contributed by atoms with E-state index in [1.807, 2.05) is 24.3 Å². The summed E-state index contributed by atoms with van der Waals surface area (Å²) in [5.41, 5.74) is 3.73. The second-order valence-corrected chi connectivity index (χ2v) is 4.12. The maximum atomic E-state index is 5.50. The van der Waals surface area contributed by atoms with Crippen LogP contribution in [-0.4, -0.2) is 21.1 Å². The molecule has 7 heteroatoms. The monoisotopic (exact) mass is 328 g/mol. The van der Waals surface area contributed by atoms with E-state index < -0.39 is 0 Å². The molecule has 0 spiro atoms. The summed E-state index contributed by atoms with van der Waals surface area (Å²) in [4.78, 5) is 0. The first kappa shape index (κ1) is 10.9. The van der Waals surface area contributed by atoms with E-state index in [-0.39, 0.29) is 0 Å². The number of hydrogen-bond acceptors (Lipinski definition) is 5. The summed E-state index contributed by atoms with van der Waals surface area (Å²) in [6.45, 7) is 0. The van der Waals surface area contributed by atoms with Gasteiger partial charge in [0.2, 0.25) is 0 Å². The summed E-state index contributed by atoms with van der Waals surface area (Å²) >= 11 is 2.24. The van der Waals surface area contributed by atoms with Gasteiger partial charge in [0, 0.05) is 9.13 Å². The number of rotatable bonds is 3. The molecule has 0 aliphatic rings. The summed E-state index contributed by atoms with van der Waals surface area (Å²) in [6.07, 6.45) is 3.10. The van der Waals surface area contributed by atoms with Crippen LogP contribution in [0.15, 0.2) is 35.7 Å². The number of anilines is 1. The van der Waals surface area contributed by atoms with E-state index in [4.69, 9.17) is 5.84 Å². The van der Waals surface area contributed by atoms with Gasteiger partial charge in [0.1, 0.15) is 6.33 Å². The van der Waals surface area contributed by atoms with E-state index in [0.29, 0.717) is 5.95 Å². The van der Waals surface area contributed by atoms with E-state index in [2.05, 4.69) is 43.3 Å². The summed E-state index contributed by atoms with van der Waals surface area (Å²) in [7, 11) is 0. The zero-order valence-electron chi connectivity index (χ0n) is 8.21. The van der Waals surface area contributed by atoms with Gasteiger partial charge in [-0.15, -0.1) is 10.2 Å². The smallest absolute Gasteiger partial charge is 0.263 e. The quantitative estimate of drug-likeness (QED) is 0.382. The molecule has 0 aliphatic carbocycles. The zero-order chi connectivity index (χ0) is 11.4. The van der Waals surface area contributed by atoms with Crippen molar-refractivity contribution in [3.63, 3.8) is 0 Å². The fourth-order valence-corrected chi connectivity index (χ4v) is 1.59. The van der Waals surface area contributed by atoms with Crippen LogP contribution in [0.4, 0.5) is 5.95 Å². The topological polar surface area (TPSA) is 81.1 Å². The third kappa shape index (κ3) is 2.48. The Kier molecular flexibility index (Phi) is 3.34. The van der Waals surface area contributed by atoms with Gasteiger partial charge in [0.15, 0.2) is 0 Å². The first-order valence-corrected chi connectivity index (χ1v) is 5.54. The zero-order valence-corrected chi connectivity index (χ0v) is 10.4. The van der Waals surface area contributed by atoms with E-state index in [1.54, 1.807) is 6.21 Å². The average Bonchev–Trinajstić information content (AvgIpc) is 2.67. The van der Waals surface area contributed by atoms with Gasteiger partial charge in [-0.05, 0) is 28.7 Å². The molecule has 0 unspecified atom stereocenters. The molecule has 0 radical (unpaired) electrons. The lowest BCUT2D eigenvalue weighted by atomic mass is 10.2. The number of halogens is 1. The summed E-state index contributed by atoms with van der Waals surface area (Å²) in [6, 6.07) is 7.91. The molecule has 2 rings (SSSR count). The van der Waals surface area contributed by atoms with E-state index in [9.17, 15) is 0 Å². The van der Waals surface area contributed by atoms with Crippen molar-refractivity contribution in [2.24, 2.45) is 5.10 Å². The summed E-state index contributed by atoms with van der Waals surface area (Å²) in [5, 5.41) is 11.4. The third-order valence-electron chi connectivity index (χ3n) is 1.85. The van der Waals surface area contributed by atoms with E-state index in [1.165, 1.54) is 11.0 Å². The van der Waals surface area contributed by atoms with Crippen LogP contribution in [0.5, 0.6) is 0 Å². The fourth-order valence-electron chi connectivity index (χ4n) is 1.06. The van der Waals surface area contributed by atoms with E-state index in [0.717, 1.165) is 9.13 Å². The third-order valence-corrected chi connectivity index (χ3v) is 2.83. The first-order chi connectivity index (χ1) is 7.77. The van der Waals surface area contributed by atoms with Crippen LogP contribution < -0.4 is 11.3 Å². The standard InChI is InChI=1S/C9H9IN6/c10-8-4-2-1-3-7(8)5-12-14-9-15-13-6-16(9)11/h1-6H,11H2,(H,14,15)/b12-5+. The number of nitrogens with one attached hydrogen (secondary N) is 1. The second kappa shape index (κ2) is 4.92. The molecule has 0 bridgehead atoms. The highest BCUT2D eigenvalue weighted by atomic mass is 127. The predicted molar refractivity (Wildman–Crippen MR) is 70.5 cm³/mol. The first-order valence-electron chi connectivity index (χ1n) is 4.46. The van der Waals surface area contributed by atoms with Gasteiger partial charge < -0.3 is 5.84 Å². The number of hydrogen-bond donors (Lipinski definition) is 2. The van der Waals surface area contributed by atoms with Gasteiger partial charge in [-0.3, -0.25) is 0 Å². The fraction of sp³-hybridized carbons (Fsp3) is 0. The number of nitrogens with zero attached hydrogens (tertiary/aromatic N) is 4. The Morgan fingerprint density at radius 2 is 2.25 bits per heavy atom. The Bertz CT molecular complexity index is 506. The van der Waals surface area contributed by atoms with Crippen molar-refractivity contribution in [1.82, 2.24) is 14.9 Å². The van der Waals surface area contributed by atoms with Crippen LogP contribution in [0.25, 0.3) is 0 Å². The normalized spacial score (nSPS) is 10.8. The number of benzene rings is 1. The van der Waals surface area contributed by atoms with Crippen molar-refractivity contribution in [2.45, 2.75) is 0 Å².